The van der Waals surface area contributed by atoms with Gasteiger partial charge in [0.25, 0.3) is 0 Å². The maximum atomic E-state index is 12.5. The molecular formula is C22H20N6O2. The Morgan fingerprint density at radius 1 is 1.20 bits per heavy atom. The first-order valence-electron chi connectivity index (χ1n) is 9.69. The number of nitrogens with zero attached hydrogens (tertiary/aromatic N) is 3. The first-order chi connectivity index (χ1) is 14.6. The fourth-order valence-electron chi connectivity index (χ4n) is 3.94. The topological polar surface area (TPSA) is 116 Å². The molecule has 4 aromatic rings. The minimum absolute atomic E-state index is 0.391. The molecule has 0 aliphatic heterocycles. The molecule has 0 radical (unpaired) electrons. The SMILES string of the molecule is Cc1cc(-c2n[nH]c3cc(NC(=O)NC4c5ccccc5CC4O)ncc23)ccn1. The Morgan fingerprint density at radius 3 is 2.93 bits per heavy atom. The first kappa shape index (κ1) is 18.3. The number of amides is 2. The minimum atomic E-state index is -0.650. The van der Waals surface area contributed by atoms with Gasteiger partial charge in [0.05, 0.1) is 17.7 Å². The van der Waals surface area contributed by atoms with Crippen LogP contribution in [0.3, 0.4) is 0 Å². The summed E-state index contributed by atoms with van der Waals surface area (Å²) in [6.45, 7) is 1.93. The summed E-state index contributed by atoms with van der Waals surface area (Å²) in [4.78, 5) is 21.1. The van der Waals surface area contributed by atoms with Crippen molar-refractivity contribution in [3.05, 3.63) is 71.7 Å². The van der Waals surface area contributed by atoms with E-state index in [1.54, 1.807) is 18.5 Å². The molecule has 8 heteroatoms. The Bertz CT molecular complexity index is 1250. The van der Waals surface area contributed by atoms with E-state index < -0.39 is 18.2 Å². The normalized spacial score (nSPS) is 17.7. The quantitative estimate of drug-likeness (QED) is 0.422. The number of carbonyl (C=O) groups is 1. The molecule has 1 aromatic carbocycles. The monoisotopic (exact) mass is 400 g/mol. The number of benzene rings is 1. The van der Waals surface area contributed by atoms with Crippen LogP contribution in [0.2, 0.25) is 0 Å². The second-order valence-corrected chi connectivity index (χ2v) is 7.42. The Hall–Kier alpha value is -3.78. The van der Waals surface area contributed by atoms with Gasteiger partial charge in [0.2, 0.25) is 0 Å². The first-order valence-corrected chi connectivity index (χ1v) is 9.69. The van der Waals surface area contributed by atoms with Crippen LogP contribution >= 0.6 is 0 Å². The molecule has 0 bridgehead atoms. The summed E-state index contributed by atoms with van der Waals surface area (Å²) < 4.78 is 0. The van der Waals surface area contributed by atoms with E-state index in [0.29, 0.717) is 12.2 Å². The maximum absolute atomic E-state index is 12.5. The Balaban J connectivity index is 1.34. The van der Waals surface area contributed by atoms with Gasteiger partial charge in [-0.1, -0.05) is 24.3 Å². The zero-order chi connectivity index (χ0) is 20.7. The zero-order valence-corrected chi connectivity index (χ0v) is 16.3. The van der Waals surface area contributed by atoms with Gasteiger partial charge in [-0.05, 0) is 30.2 Å². The van der Waals surface area contributed by atoms with Gasteiger partial charge in [0.1, 0.15) is 11.5 Å². The third-order valence-electron chi connectivity index (χ3n) is 5.35. The molecule has 30 heavy (non-hydrogen) atoms. The molecule has 2 unspecified atom stereocenters. The number of aromatic amines is 1. The summed E-state index contributed by atoms with van der Waals surface area (Å²) in [5.74, 6) is 0.391. The number of aliphatic hydroxyl groups excluding tert-OH is 1. The molecular weight excluding hydrogens is 380 g/mol. The highest BCUT2D eigenvalue weighted by Crippen LogP contribution is 2.31. The molecule has 1 aliphatic carbocycles. The molecule has 0 spiro atoms. The predicted octanol–water partition coefficient (Wildman–Crippen LogP) is 3.11. The summed E-state index contributed by atoms with van der Waals surface area (Å²) in [5.41, 5.74) is 5.38. The van der Waals surface area contributed by atoms with E-state index in [1.807, 2.05) is 43.3 Å². The van der Waals surface area contributed by atoms with Crippen LogP contribution in [-0.4, -0.2) is 37.4 Å². The van der Waals surface area contributed by atoms with Gasteiger partial charge in [0.15, 0.2) is 0 Å². The molecule has 8 nitrogen and oxygen atoms in total. The minimum Gasteiger partial charge on any atom is -0.390 e. The number of aryl methyl sites for hydroxylation is 1. The van der Waals surface area contributed by atoms with Crippen LogP contribution in [-0.2, 0) is 6.42 Å². The smallest absolute Gasteiger partial charge is 0.320 e. The van der Waals surface area contributed by atoms with Gasteiger partial charge in [-0.3, -0.25) is 15.4 Å². The van der Waals surface area contributed by atoms with E-state index in [9.17, 15) is 9.90 Å². The molecule has 1 aliphatic rings. The van der Waals surface area contributed by atoms with Gasteiger partial charge in [0, 0.05) is 41.5 Å². The summed E-state index contributed by atoms with van der Waals surface area (Å²) in [7, 11) is 0. The number of aromatic nitrogens is 4. The van der Waals surface area contributed by atoms with Crippen molar-refractivity contribution in [2.24, 2.45) is 0 Å². The van der Waals surface area contributed by atoms with E-state index in [1.165, 1.54) is 0 Å². The lowest BCUT2D eigenvalue weighted by Gasteiger charge is -2.18. The lowest BCUT2D eigenvalue weighted by Crippen LogP contribution is -2.37. The molecule has 0 saturated heterocycles. The number of aliphatic hydroxyl groups is 1. The number of carbonyl (C=O) groups excluding carboxylic acids is 1. The summed E-state index contributed by atoms with van der Waals surface area (Å²) in [6, 6.07) is 12.4. The van der Waals surface area contributed by atoms with Crippen molar-refractivity contribution >= 4 is 22.8 Å². The van der Waals surface area contributed by atoms with Crippen LogP contribution in [0.5, 0.6) is 0 Å². The average Bonchev–Trinajstić information content (AvgIpc) is 3.29. The fraction of sp³-hybridized carbons (Fsp3) is 0.182. The maximum Gasteiger partial charge on any atom is 0.320 e. The van der Waals surface area contributed by atoms with Crippen molar-refractivity contribution in [2.45, 2.75) is 25.5 Å². The summed E-state index contributed by atoms with van der Waals surface area (Å²) in [5, 5.41) is 24.1. The molecule has 2 atom stereocenters. The predicted molar refractivity (Wildman–Crippen MR) is 113 cm³/mol. The molecule has 3 aromatic heterocycles. The second kappa shape index (κ2) is 7.23. The van der Waals surface area contributed by atoms with Crippen molar-refractivity contribution in [2.75, 3.05) is 5.32 Å². The van der Waals surface area contributed by atoms with Gasteiger partial charge in [-0.2, -0.15) is 5.10 Å². The molecule has 5 rings (SSSR count). The van der Waals surface area contributed by atoms with Crippen molar-refractivity contribution in [1.29, 1.82) is 0 Å². The highest BCUT2D eigenvalue weighted by Gasteiger charge is 2.31. The van der Waals surface area contributed by atoms with Crippen molar-refractivity contribution in [3.8, 4) is 11.3 Å². The standard InChI is InChI=1S/C22H20N6O2/c1-12-8-14(6-7-23-12)20-16-11-24-19(10-17(16)27-28-20)25-22(30)26-21-15-5-3-2-4-13(15)9-18(21)29/h2-8,10-11,18,21,29H,9H2,1H3,(H,27,28)(H2,24,25,26,30). The lowest BCUT2D eigenvalue weighted by atomic mass is 10.1. The number of rotatable bonds is 3. The van der Waals surface area contributed by atoms with E-state index in [-0.39, 0.29) is 0 Å². The largest absolute Gasteiger partial charge is 0.390 e. The van der Waals surface area contributed by atoms with Crippen molar-refractivity contribution in [1.82, 2.24) is 25.5 Å². The highest BCUT2D eigenvalue weighted by atomic mass is 16.3. The number of urea groups is 1. The molecule has 4 N–H and O–H groups in total. The molecule has 2 amide bonds. The van der Waals surface area contributed by atoms with Crippen LogP contribution in [0.4, 0.5) is 10.6 Å². The zero-order valence-electron chi connectivity index (χ0n) is 16.3. The molecule has 150 valence electrons. The van der Waals surface area contributed by atoms with Crippen LogP contribution in [0.1, 0.15) is 22.9 Å². The van der Waals surface area contributed by atoms with E-state index >= 15 is 0 Å². The van der Waals surface area contributed by atoms with Gasteiger partial charge in [-0.15, -0.1) is 0 Å². The number of hydrogen-bond donors (Lipinski definition) is 4. The van der Waals surface area contributed by atoms with Crippen molar-refractivity contribution in [3.63, 3.8) is 0 Å². The number of anilines is 1. The summed E-state index contributed by atoms with van der Waals surface area (Å²) in [6.07, 6.45) is 3.30. The van der Waals surface area contributed by atoms with Crippen LogP contribution in [0, 0.1) is 6.92 Å². The number of fused-ring (bicyclic) bond motifs is 2. The lowest BCUT2D eigenvalue weighted by molar-refractivity contribution is 0.144. The van der Waals surface area contributed by atoms with Gasteiger partial charge < -0.3 is 10.4 Å². The van der Waals surface area contributed by atoms with E-state index in [0.717, 1.165) is 39.0 Å². The fourth-order valence-corrected chi connectivity index (χ4v) is 3.94. The van der Waals surface area contributed by atoms with Crippen LogP contribution in [0.15, 0.2) is 54.9 Å². The van der Waals surface area contributed by atoms with E-state index in [4.69, 9.17) is 0 Å². The number of H-pyrrole nitrogens is 1. The Labute approximate surface area is 172 Å². The van der Waals surface area contributed by atoms with Gasteiger partial charge in [-0.25, -0.2) is 9.78 Å². The third-order valence-corrected chi connectivity index (χ3v) is 5.35. The summed E-state index contributed by atoms with van der Waals surface area (Å²) >= 11 is 0. The van der Waals surface area contributed by atoms with Gasteiger partial charge >= 0.3 is 6.03 Å². The Morgan fingerprint density at radius 2 is 2.07 bits per heavy atom. The Kier molecular flexibility index (Phi) is 4.40. The molecule has 0 fully saturated rings. The second-order valence-electron chi connectivity index (χ2n) is 7.42. The molecule has 0 saturated carbocycles. The number of pyridine rings is 2. The van der Waals surface area contributed by atoms with Crippen molar-refractivity contribution < 1.29 is 9.90 Å². The van der Waals surface area contributed by atoms with Crippen LogP contribution in [0.25, 0.3) is 22.2 Å². The highest BCUT2D eigenvalue weighted by molar-refractivity contribution is 5.95. The number of hydrogen-bond acceptors (Lipinski definition) is 5. The third kappa shape index (κ3) is 3.27. The number of nitrogens with one attached hydrogen (secondary N) is 3. The molecule has 3 heterocycles. The van der Waals surface area contributed by atoms with E-state index in [2.05, 4.69) is 30.8 Å². The van der Waals surface area contributed by atoms with Crippen LogP contribution < -0.4 is 10.6 Å². The average molecular weight is 400 g/mol.